The van der Waals surface area contributed by atoms with Crippen LogP contribution in [0.5, 0.6) is 28.7 Å². The minimum Gasteiger partial charge on any atom is -0.508 e. The third-order valence-corrected chi connectivity index (χ3v) is 5.40. The van der Waals surface area contributed by atoms with Crippen molar-refractivity contribution in [2.75, 3.05) is 4.90 Å². The molecule has 0 spiro atoms. The number of benzene rings is 4. The van der Waals surface area contributed by atoms with Gasteiger partial charge in [-0.25, -0.2) is 0 Å². The Kier molecular flexibility index (Phi) is 5.65. The van der Waals surface area contributed by atoms with Gasteiger partial charge in [-0.15, -0.1) is 0 Å². The standard InChI is InChI=1S/C27H25NO4/c1-17-4-7-21(14-25(17)30)28(22-8-5-18(2)26(31)15-22)20-9-12-24(13-10-20)32-27-16-23(29)11-6-19(27)3/h4-16,29-31H,1-3H3. The van der Waals surface area contributed by atoms with Gasteiger partial charge in [0.25, 0.3) is 0 Å². The van der Waals surface area contributed by atoms with E-state index in [0.717, 1.165) is 33.8 Å². The van der Waals surface area contributed by atoms with E-state index in [4.69, 9.17) is 4.74 Å². The number of anilines is 3. The van der Waals surface area contributed by atoms with Crippen LogP contribution in [0.1, 0.15) is 16.7 Å². The number of ether oxygens (including phenoxy) is 1. The molecule has 0 saturated carbocycles. The predicted molar refractivity (Wildman–Crippen MR) is 127 cm³/mol. The second-order valence-corrected chi connectivity index (χ2v) is 7.82. The summed E-state index contributed by atoms with van der Waals surface area (Å²) in [4.78, 5) is 1.95. The molecule has 3 N–H and O–H groups in total. The number of nitrogens with zero attached hydrogens (tertiary/aromatic N) is 1. The first-order valence-electron chi connectivity index (χ1n) is 10.3. The average Bonchev–Trinajstić information content (AvgIpc) is 2.77. The highest BCUT2D eigenvalue weighted by molar-refractivity contribution is 5.78. The molecule has 4 aromatic carbocycles. The number of hydrogen-bond donors (Lipinski definition) is 3. The van der Waals surface area contributed by atoms with Crippen molar-refractivity contribution < 1.29 is 20.1 Å². The van der Waals surface area contributed by atoms with Crippen LogP contribution in [0.25, 0.3) is 0 Å². The third-order valence-electron chi connectivity index (χ3n) is 5.40. The van der Waals surface area contributed by atoms with Gasteiger partial charge in [-0.05, 0) is 79.9 Å². The van der Waals surface area contributed by atoms with Gasteiger partial charge in [0.15, 0.2) is 0 Å². The van der Waals surface area contributed by atoms with Gasteiger partial charge >= 0.3 is 0 Å². The molecule has 0 saturated heterocycles. The van der Waals surface area contributed by atoms with Crippen LogP contribution in [0, 0.1) is 20.8 Å². The van der Waals surface area contributed by atoms with E-state index in [0.29, 0.717) is 11.5 Å². The molecule has 4 rings (SSSR count). The van der Waals surface area contributed by atoms with Crippen molar-refractivity contribution in [3.8, 4) is 28.7 Å². The highest BCUT2D eigenvalue weighted by Gasteiger charge is 2.15. The maximum absolute atomic E-state index is 10.3. The summed E-state index contributed by atoms with van der Waals surface area (Å²) in [6, 6.07) is 23.5. The summed E-state index contributed by atoms with van der Waals surface area (Å²) in [5.74, 6) is 1.75. The van der Waals surface area contributed by atoms with E-state index in [9.17, 15) is 15.3 Å². The number of phenols is 3. The molecule has 162 valence electrons. The van der Waals surface area contributed by atoms with E-state index in [1.807, 2.05) is 74.2 Å². The van der Waals surface area contributed by atoms with Crippen molar-refractivity contribution in [1.82, 2.24) is 0 Å². The molecule has 0 aromatic heterocycles. The van der Waals surface area contributed by atoms with Crippen LogP contribution in [0.15, 0.2) is 78.9 Å². The Morgan fingerprint density at radius 2 is 1.06 bits per heavy atom. The quantitative estimate of drug-likeness (QED) is 0.320. The van der Waals surface area contributed by atoms with Crippen LogP contribution < -0.4 is 9.64 Å². The summed E-state index contributed by atoms with van der Waals surface area (Å²) in [6.45, 7) is 5.60. The van der Waals surface area contributed by atoms with Gasteiger partial charge in [0.1, 0.15) is 28.7 Å². The van der Waals surface area contributed by atoms with Crippen LogP contribution in [-0.4, -0.2) is 15.3 Å². The largest absolute Gasteiger partial charge is 0.508 e. The molecular weight excluding hydrogens is 402 g/mol. The maximum Gasteiger partial charge on any atom is 0.134 e. The molecule has 5 heteroatoms. The Bertz CT molecular complexity index is 1210. The lowest BCUT2D eigenvalue weighted by atomic mass is 10.1. The summed E-state index contributed by atoms with van der Waals surface area (Å²) in [5.41, 5.74) is 4.83. The first-order valence-corrected chi connectivity index (χ1v) is 10.3. The van der Waals surface area contributed by atoms with Gasteiger partial charge in [-0.1, -0.05) is 18.2 Å². The van der Waals surface area contributed by atoms with Crippen LogP contribution in [0.2, 0.25) is 0 Å². The molecule has 0 unspecified atom stereocenters. The molecular formula is C27H25NO4. The minimum absolute atomic E-state index is 0.145. The van der Waals surface area contributed by atoms with Crippen molar-refractivity contribution in [2.45, 2.75) is 20.8 Å². The summed E-state index contributed by atoms with van der Waals surface area (Å²) in [5, 5.41) is 30.3. The zero-order chi connectivity index (χ0) is 22.8. The number of aromatic hydroxyl groups is 3. The zero-order valence-electron chi connectivity index (χ0n) is 18.2. The van der Waals surface area contributed by atoms with Crippen molar-refractivity contribution in [3.63, 3.8) is 0 Å². The third kappa shape index (κ3) is 4.32. The zero-order valence-corrected chi connectivity index (χ0v) is 18.2. The molecule has 0 aliphatic carbocycles. The Hall–Kier alpha value is -4.12. The van der Waals surface area contributed by atoms with E-state index in [1.165, 1.54) is 0 Å². The van der Waals surface area contributed by atoms with Crippen molar-refractivity contribution in [1.29, 1.82) is 0 Å². The normalized spacial score (nSPS) is 10.7. The second-order valence-electron chi connectivity index (χ2n) is 7.82. The van der Waals surface area contributed by atoms with Crippen molar-refractivity contribution in [3.05, 3.63) is 95.6 Å². The molecule has 4 aromatic rings. The topological polar surface area (TPSA) is 73.2 Å². The first kappa shape index (κ1) is 21.1. The maximum atomic E-state index is 10.3. The lowest BCUT2D eigenvalue weighted by molar-refractivity contribution is 0.453. The average molecular weight is 428 g/mol. The van der Waals surface area contributed by atoms with Gasteiger partial charge in [-0.2, -0.15) is 0 Å². The first-order chi connectivity index (χ1) is 15.3. The molecule has 0 bridgehead atoms. The summed E-state index contributed by atoms with van der Waals surface area (Å²) >= 11 is 0. The van der Waals surface area contributed by atoms with Gasteiger partial charge in [0.2, 0.25) is 0 Å². The van der Waals surface area contributed by atoms with Crippen molar-refractivity contribution >= 4 is 17.1 Å². The Balaban J connectivity index is 1.73. The van der Waals surface area contributed by atoms with Gasteiger partial charge < -0.3 is 25.0 Å². The van der Waals surface area contributed by atoms with Gasteiger partial charge in [-0.3, -0.25) is 0 Å². The monoisotopic (exact) mass is 427 g/mol. The van der Waals surface area contributed by atoms with Crippen LogP contribution in [-0.2, 0) is 0 Å². The van der Waals surface area contributed by atoms with Crippen LogP contribution >= 0.6 is 0 Å². The van der Waals surface area contributed by atoms with Crippen molar-refractivity contribution in [2.24, 2.45) is 0 Å². The highest BCUT2D eigenvalue weighted by Crippen LogP contribution is 2.39. The molecule has 0 fully saturated rings. The lowest BCUT2D eigenvalue weighted by Crippen LogP contribution is -2.10. The Labute approximate surface area is 187 Å². The summed E-state index contributed by atoms with van der Waals surface area (Å²) in [7, 11) is 0. The second kappa shape index (κ2) is 8.55. The molecule has 0 aliphatic heterocycles. The fraction of sp³-hybridized carbons (Fsp3) is 0.111. The fourth-order valence-electron chi connectivity index (χ4n) is 3.41. The molecule has 32 heavy (non-hydrogen) atoms. The number of hydrogen-bond acceptors (Lipinski definition) is 5. The highest BCUT2D eigenvalue weighted by atomic mass is 16.5. The Morgan fingerprint density at radius 1 is 0.562 bits per heavy atom. The molecule has 0 aliphatic rings. The molecule has 0 atom stereocenters. The molecule has 0 amide bonds. The molecule has 0 radical (unpaired) electrons. The smallest absolute Gasteiger partial charge is 0.134 e. The minimum atomic E-state index is 0.145. The predicted octanol–water partition coefficient (Wildman–Crippen LogP) is 6.99. The Morgan fingerprint density at radius 3 is 1.59 bits per heavy atom. The SMILES string of the molecule is Cc1ccc(N(c2ccc(Oc3cc(O)ccc3C)cc2)c2ccc(C)c(O)c2)cc1O. The van der Waals surface area contributed by atoms with Gasteiger partial charge in [0.05, 0.1) is 0 Å². The number of rotatable bonds is 5. The van der Waals surface area contributed by atoms with E-state index >= 15 is 0 Å². The van der Waals surface area contributed by atoms with E-state index in [1.54, 1.807) is 30.3 Å². The summed E-state index contributed by atoms with van der Waals surface area (Å²) in [6.07, 6.45) is 0. The molecule has 0 heterocycles. The van der Waals surface area contributed by atoms with E-state index in [2.05, 4.69) is 0 Å². The molecule has 5 nitrogen and oxygen atoms in total. The van der Waals surface area contributed by atoms with Gasteiger partial charge in [0, 0.05) is 35.3 Å². The van der Waals surface area contributed by atoms with Crippen LogP contribution in [0.3, 0.4) is 0 Å². The van der Waals surface area contributed by atoms with E-state index < -0.39 is 0 Å². The lowest BCUT2D eigenvalue weighted by Gasteiger charge is -2.26. The number of aryl methyl sites for hydroxylation is 3. The fourth-order valence-corrected chi connectivity index (χ4v) is 3.41. The van der Waals surface area contributed by atoms with E-state index in [-0.39, 0.29) is 17.2 Å². The number of phenolic OH excluding ortho intramolecular Hbond substituents is 3. The van der Waals surface area contributed by atoms with Crippen LogP contribution in [0.4, 0.5) is 17.1 Å². The summed E-state index contributed by atoms with van der Waals surface area (Å²) < 4.78 is 5.95.